The van der Waals surface area contributed by atoms with Crippen molar-refractivity contribution in [3.63, 3.8) is 0 Å². The molecule has 0 unspecified atom stereocenters. The number of nitrogens with two attached hydrogens (primary N) is 1. The van der Waals surface area contributed by atoms with Crippen LogP contribution < -0.4 is 5.73 Å². The van der Waals surface area contributed by atoms with Crippen molar-refractivity contribution in [1.29, 1.82) is 0 Å². The van der Waals surface area contributed by atoms with Gasteiger partial charge in [-0.25, -0.2) is 0 Å². The van der Waals surface area contributed by atoms with Crippen molar-refractivity contribution in [1.82, 2.24) is 10.1 Å². The first-order valence-electron chi connectivity index (χ1n) is 6.91. The molecule has 2 aromatic heterocycles. The molecule has 102 valence electrons. The molecule has 5 heteroatoms. The normalized spacial score (nSPS) is 19.2. The van der Waals surface area contributed by atoms with E-state index in [9.17, 15) is 0 Å². The zero-order valence-corrected chi connectivity index (χ0v) is 11.8. The molecule has 0 radical (unpaired) electrons. The van der Waals surface area contributed by atoms with Gasteiger partial charge in [0.05, 0.1) is 12.0 Å². The molecule has 1 aliphatic carbocycles. The summed E-state index contributed by atoms with van der Waals surface area (Å²) in [4.78, 5) is 5.76. The standard InChI is InChI=1S/C14H19N3OS/c15-14(7-3-1-2-4-8-14)13-16-12(18-17-13)10-11-6-5-9-19-11/h5-6,9H,1-4,7-8,10,15H2. The van der Waals surface area contributed by atoms with Crippen molar-refractivity contribution < 1.29 is 4.52 Å². The lowest BCUT2D eigenvalue weighted by Gasteiger charge is -2.23. The van der Waals surface area contributed by atoms with Crippen molar-refractivity contribution in [3.8, 4) is 0 Å². The summed E-state index contributed by atoms with van der Waals surface area (Å²) in [6.07, 6.45) is 7.48. The van der Waals surface area contributed by atoms with E-state index in [0.29, 0.717) is 18.1 Å². The van der Waals surface area contributed by atoms with Crippen LogP contribution in [0.4, 0.5) is 0 Å². The maximum atomic E-state index is 6.48. The molecule has 4 nitrogen and oxygen atoms in total. The lowest BCUT2D eigenvalue weighted by Crippen LogP contribution is -2.37. The van der Waals surface area contributed by atoms with Gasteiger partial charge in [0.25, 0.3) is 0 Å². The maximum absolute atomic E-state index is 6.48. The molecule has 1 fully saturated rings. The number of thiophene rings is 1. The quantitative estimate of drug-likeness (QED) is 0.875. The van der Waals surface area contributed by atoms with E-state index in [1.54, 1.807) is 11.3 Å². The molecular formula is C14H19N3OS. The SMILES string of the molecule is NC1(c2noc(Cc3cccs3)n2)CCCCCC1. The van der Waals surface area contributed by atoms with E-state index < -0.39 is 0 Å². The third-order valence-electron chi connectivity index (χ3n) is 3.81. The van der Waals surface area contributed by atoms with Crippen molar-refractivity contribution >= 4 is 11.3 Å². The zero-order chi connectivity index (χ0) is 13.1. The van der Waals surface area contributed by atoms with E-state index in [-0.39, 0.29) is 5.54 Å². The third-order valence-corrected chi connectivity index (χ3v) is 4.69. The highest BCUT2D eigenvalue weighted by Crippen LogP contribution is 2.32. The zero-order valence-electron chi connectivity index (χ0n) is 11.0. The smallest absolute Gasteiger partial charge is 0.231 e. The highest BCUT2D eigenvalue weighted by atomic mass is 32.1. The molecule has 0 saturated heterocycles. The second kappa shape index (κ2) is 5.43. The van der Waals surface area contributed by atoms with E-state index in [1.807, 2.05) is 6.07 Å². The summed E-state index contributed by atoms with van der Waals surface area (Å²) in [5, 5.41) is 6.19. The van der Waals surface area contributed by atoms with Gasteiger partial charge in [0, 0.05) is 4.88 Å². The maximum Gasteiger partial charge on any atom is 0.231 e. The van der Waals surface area contributed by atoms with Crippen molar-refractivity contribution in [2.45, 2.75) is 50.5 Å². The van der Waals surface area contributed by atoms with Gasteiger partial charge in [-0.2, -0.15) is 4.98 Å². The molecule has 2 N–H and O–H groups in total. The summed E-state index contributed by atoms with van der Waals surface area (Å²) >= 11 is 1.71. The summed E-state index contributed by atoms with van der Waals surface area (Å²) in [5.41, 5.74) is 6.10. The second-order valence-electron chi connectivity index (χ2n) is 5.34. The Kier molecular flexibility index (Phi) is 3.66. The largest absolute Gasteiger partial charge is 0.339 e. The molecule has 1 saturated carbocycles. The van der Waals surface area contributed by atoms with Gasteiger partial charge in [-0.3, -0.25) is 0 Å². The van der Waals surface area contributed by atoms with Gasteiger partial charge in [-0.1, -0.05) is 36.9 Å². The van der Waals surface area contributed by atoms with Crippen LogP contribution in [-0.4, -0.2) is 10.1 Å². The Morgan fingerprint density at radius 1 is 1.26 bits per heavy atom. The van der Waals surface area contributed by atoms with E-state index in [1.165, 1.54) is 17.7 Å². The molecule has 0 aromatic carbocycles. The van der Waals surface area contributed by atoms with E-state index in [4.69, 9.17) is 10.3 Å². The minimum absolute atomic E-state index is 0.381. The lowest BCUT2D eigenvalue weighted by molar-refractivity contribution is 0.326. The van der Waals surface area contributed by atoms with Crippen LogP contribution in [0, 0.1) is 0 Å². The topological polar surface area (TPSA) is 64.9 Å². The first-order valence-corrected chi connectivity index (χ1v) is 7.79. The monoisotopic (exact) mass is 277 g/mol. The van der Waals surface area contributed by atoms with Gasteiger partial charge >= 0.3 is 0 Å². The predicted octanol–water partition coefficient (Wildman–Crippen LogP) is 3.23. The Hall–Kier alpha value is -1.20. The Balaban J connectivity index is 1.76. The molecule has 2 aromatic rings. The molecule has 0 spiro atoms. The highest BCUT2D eigenvalue weighted by Gasteiger charge is 2.33. The molecule has 1 aliphatic rings. The Morgan fingerprint density at radius 3 is 2.74 bits per heavy atom. The van der Waals surface area contributed by atoms with Gasteiger partial charge in [0.2, 0.25) is 5.89 Å². The minimum atomic E-state index is -0.381. The fraction of sp³-hybridized carbons (Fsp3) is 0.571. The second-order valence-corrected chi connectivity index (χ2v) is 6.37. The van der Waals surface area contributed by atoms with Crippen LogP contribution >= 0.6 is 11.3 Å². The first kappa shape index (κ1) is 12.8. The molecular weight excluding hydrogens is 258 g/mol. The number of hydrogen-bond donors (Lipinski definition) is 1. The Labute approximate surface area is 117 Å². The molecule has 0 amide bonds. The summed E-state index contributed by atoms with van der Waals surface area (Å²) < 4.78 is 5.36. The average Bonchev–Trinajstić information content (AvgIpc) is 3.02. The molecule has 0 aliphatic heterocycles. The summed E-state index contributed by atoms with van der Waals surface area (Å²) in [6.45, 7) is 0. The average molecular weight is 277 g/mol. The number of nitrogens with zero attached hydrogens (tertiary/aromatic N) is 2. The van der Waals surface area contributed by atoms with Gasteiger partial charge < -0.3 is 10.3 Å². The van der Waals surface area contributed by atoms with Crippen LogP contribution in [0.15, 0.2) is 22.0 Å². The molecule has 3 rings (SSSR count). The summed E-state index contributed by atoms with van der Waals surface area (Å²) in [7, 11) is 0. The van der Waals surface area contributed by atoms with Gasteiger partial charge in [0.15, 0.2) is 5.82 Å². The summed E-state index contributed by atoms with van der Waals surface area (Å²) in [5.74, 6) is 1.37. The van der Waals surface area contributed by atoms with E-state index in [2.05, 4.69) is 21.6 Å². The fourth-order valence-corrected chi connectivity index (χ4v) is 3.37. The Bertz CT molecular complexity index is 513. The Morgan fingerprint density at radius 2 is 2.05 bits per heavy atom. The number of hydrogen-bond acceptors (Lipinski definition) is 5. The van der Waals surface area contributed by atoms with Gasteiger partial charge in [-0.15, -0.1) is 11.3 Å². The lowest BCUT2D eigenvalue weighted by atomic mass is 9.91. The first-order chi connectivity index (χ1) is 9.26. The molecule has 0 bridgehead atoms. The summed E-state index contributed by atoms with van der Waals surface area (Å²) in [6, 6.07) is 4.12. The molecule has 19 heavy (non-hydrogen) atoms. The van der Waals surface area contributed by atoms with Crippen molar-refractivity contribution in [2.24, 2.45) is 5.73 Å². The molecule has 2 heterocycles. The van der Waals surface area contributed by atoms with Gasteiger partial charge in [0.1, 0.15) is 0 Å². The highest BCUT2D eigenvalue weighted by molar-refractivity contribution is 7.09. The van der Waals surface area contributed by atoms with E-state index in [0.717, 1.165) is 25.7 Å². The van der Waals surface area contributed by atoms with Crippen molar-refractivity contribution in [2.75, 3.05) is 0 Å². The third kappa shape index (κ3) is 2.87. The van der Waals surface area contributed by atoms with E-state index >= 15 is 0 Å². The predicted molar refractivity (Wildman–Crippen MR) is 75.0 cm³/mol. The van der Waals surface area contributed by atoms with Gasteiger partial charge in [-0.05, 0) is 24.3 Å². The number of rotatable bonds is 3. The van der Waals surface area contributed by atoms with Crippen LogP contribution in [-0.2, 0) is 12.0 Å². The number of aromatic nitrogens is 2. The van der Waals surface area contributed by atoms with Crippen LogP contribution in [0.2, 0.25) is 0 Å². The van der Waals surface area contributed by atoms with Crippen LogP contribution in [0.3, 0.4) is 0 Å². The van der Waals surface area contributed by atoms with Crippen LogP contribution in [0.5, 0.6) is 0 Å². The minimum Gasteiger partial charge on any atom is -0.339 e. The van der Waals surface area contributed by atoms with Crippen LogP contribution in [0.1, 0.15) is 55.1 Å². The molecule has 0 atom stereocenters. The van der Waals surface area contributed by atoms with Crippen molar-refractivity contribution in [3.05, 3.63) is 34.1 Å². The fourth-order valence-electron chi connectivity index (χ4n) is 2.67. The van der Waals surface area contributed by atoms with Crippen LogP contribution in [0.25, 0.3) is 0 Å².